The number of hydrogen-bond acceptors (Lipinski definition) is 2. The Bertz CT molecular complexity index is 428. The zero-order valence-corrected chi connectivity index (χ0v) is 14.1. The van der Waals surface area contributed by atoms with Crippen molar-refractivity contribution in [2.75, 3.05) is 0 Å². The van der Waals surface area contributed by atoms with E-state index in [1.165, 1.54) is 0 Å². The first-order valence-corrected chi connectivity index (χ1v) is 8.35. The molecule has 0 radical (unpaired) electrons. The molecule has 3 heteroatoms. The first-order chi connectivity index (χ1) is 11.2. The highest BCUT2D eigenvalue weighted by molar-refractivity contribution is 5.66. The number of carbonyl (C=O) groups is 1. The van der Waals surface area contributed by atoms with Gasteiger partial charge in [-0.1, -0.05) is 67.7 Å². The maximum atomic E-state index is 10.3. The number of rotatable bonds is 13. The van der Waals surface area contributed by atoms with Crippen molar-refractivity contribution in [3.8, 4) is 0 Å². The summed E-state index contributed by atoms with van der Waals surface area (Å²) in [6, 6.07) is 0. The fourth-order valence-corrected chi connectivity index (χ4v) is 1.76. The quantitative estimate of drug-likeness (QED) is 0.286. The lowest BCUT2D eigenvalue weighted by atomic mass is 10.2. The van der Waals surface area contributed by atoms with Gasteiger partial charge < -0.3 is 10.2 Å². The van der Waals surface area contributed by atoms with Crippen LogP contribution < -0.4 is 0 Å². The van der Waals surface area contributed by atoms with E-state index in [1.54, 1.807) is 0 Å². The summed E-state index contributed by atoms with van der Waals surface area (Å²) >= 11 is 0. The number of allylic oxidation sites excluding steroid dienone is 8. The van der Waals surface area contributed by atoms with E-state index in [4.69, 9.17) is 5.11 Å². The molecule has 0 aliphatic carbocycles. The van der Waals surface area contributed by atoms with Crippen LogP contribution in [0.15, 0.2) is 60.8 Å². The minimum absolute atomic E-state index is 0.240. The van der Waals surface area contributed by atoms with Gasteiger partial charge in [0, 0.05) is 6.42 Å². The standard InChI is InChI=1S/C20H30O3/c1-2-3-16-19(21)17-14-12-10-8-6-4-5-7-9-11-13-15-18-20(22)23/h3-5,8-12,14,16,19,21H,2,6-7,13,15,17-18H2,1H3,(H,22,23). The highest BCUT2D eigenvalue weighted by Gasteiger charge is 1.93. The SMILES string of the molecule is CCC=CC(O)CC=CC=CCC=CCC=CCCCC(=O)O. The van der Waals surface area contributed by atoms with Gasteiger partial charge in [-0.25, -0.2) is 0 Å². The highest BCUT2D eigenvalue weighted by Crippen LogP contribution is 1.99. The third kappa shape index (κ3) is 18.1. The molecule has 23 heavy (non-hydrogen) atoms. The molecular weight excluding hydrogens is 288 g/mol. The summed E-state index contributed by atoms with van der Waals surface area (Å²) in [6.45, 7) is 2.05. The molecule has 1 unspecified atom stereocenters. The predicted octanol–water partition coefficient (Wildman–Crippen LogP) is 4.96. The maximum Gasteiger partial charge on any atom is 0.303 e. The Morgan fingerprint density at radius 1 is 0.957 bits per heavy atom. The smallest absolute Gasteiger partial charge is 0.303 e. The lowest BCUT2D eigenvalue weighted by Crippen LogP contribution is -1.98. The van der Waals surface area contributed by atoms with Gasteiger partial charge in [0.1, 0.15) is 0 Å². The molecule has 0 aliphatic rings. The van der Waals surface area contributed by atoms with E-state index in [1.807, 2.05) is 43.4 Å². The molecule has 0 aromatic rings. The third-order valence-corrected chi connectivity index (χ3v) is 2.99. The first-order valence-electron chi connectivity index (χ1n) is 8.35. The Hall–Kier alpha value is -1.87. The number of aliphatic hydroxyl groups excluding tert-OH is 1. The van der Waals surface area contributed by atoms with Crippen molar-refractivity contribution in [2.45, 2.75) is 58.0 Å². The Kier molecular flexibility index (Phi) is 15.2. The molecule has 0 spiro atoms. The molecule has 1 atom stereocenters. The Morgan fingerprint density at radius 2 is 1.61 bits per heavy atom. The lowest BCUT2D eigenvalue weighted by Gasteiger charge is -1.98. The van der Waals surface area contributed by atoms with Crippen molar-refractivity contribution in [3.05, 3.63) is 60.8 Å². The van der Waals surface area contributed by atoms with Gasteiger partial charge in [0.15, 0.2) is 0 Å². The zero-order chi connectivity index (χ0) is 17.2. The highest BCUT2D eigenvalue weighted by atomic mass is 16.4. The summed E-state index contributed by atoms with van der Waals surface area (Å²) in [5, 5.41) is 18.1. The maximum absolute atomic E-state index is 10.3. The van der Waals surface area contributed by atoms with Crippen LogP contribution in [0, 0.1) is 0 Å². The molecule has 0 fully saturated rings. The van der Waals surface area contributed by atoms with E-state index >= 15 is 0 Å². The minimum atomic E-state index is -0.730. The third-order valence-electron chi connectivity index (χ3n) is 2.99. The van der Waals surface area contributed by atoms with Crippen molar-refractivity contribution in [1.82, 2.24) is 0 Å². The van der Waals surface area contributed by atoms with Gasteiger partial charge in [0.2, 0.25) is 0 Å². The molecule has 128 valence electrons. The predicted molar refractivity (Wildman–Crippen MR) is 97.3 cm³/mol. The van der Waals surface area contributed by atoms with E-state index in [9.17, 15) is 9.90 Å². The van der Waals surface area contributed by atoms with Crippen LogP contribution in [-0.4, -0.2) is 22.3 Å². The summed E-state index contributed by atoms with van der Waals surface area (Å²) in [5.41, 5.74) is 0. The Balaban J connectivity index is 3.60. The molecule has 0 amide bonds. The molecule has 2 N–H and O–H groups in total. The number of carboxylic acid groups (broad SMARTS) is 1. The van der Waals surface area contributed by atoms with E-state index in [0.29, 0.717) is 12.8 Å². The Labute approximate surface area is 140 Å². The van der Waals surface area contributed by atoms with Crippen molar-refractivity contribution in [1.29, 1.82) is 0 Å². The van der Waals surface area contributed by atoms with E-state index in [0.717, 1.165) is 25.7 Å². The average Bonchev–Trinajstić information content (AvgIpc) is 2.52. The van der Waals surface area contributed by atoms with Crippen molar-refractivity contribution in [2.24, 2.45) is 0 Å². The number of hydrogen-bond donors (Lipinski definition) is 2. The van der Waals surface area contributed by atoms with Crippen LogP contribution in [0.5, 0.6) is 0 Å². The summed E-state index contributed by atoms with van der Waals surface area (Å²) in [6.07, 6.45) is 24.8. The second kappa shape index (κ2) is 16.5. The largest absolute Gasteiger partial charge is 0.481 e. The molecule has 0 bridgehead atoms. The normalized spacial score (nSPS) is 14.2. The van der Waals surface area contributed by atoms with Crippen LogP contribution in [0.4, 0.5) is 0 Å². The van der Waals surface area contributed by atoms with E-state index in [2.05, 4.69) is 24.3 Å². The van der Waals surface area contributed by atoms with Crippen LogP contribution in [0.25, 0.3) is 0 Å². The lowest BCUT2D eigenvalue weighted by molar-refractivity contribution is -0.137. The van der Waals surface area contributed by atoms with Gasteiger partial charge in [-0.2, -0.15) is 0 Å². The minimum Gasteiger partial charge on any atom is -0.481 e. The number of carboxylic acids is 1. The van der Waals surface area contributed by atoms with E-state index < -0.39 is 5.97 Å². The molecule has 3 nitrogen and oxygen atoms in total. The van der Waals surface area contributed by atoms with Gasteiger partial charge in [-0.3, -0.25) is 4.79 Å². The molecule has 0 aromatic heterocycles. The van der Waals surface area contributed by atoms with Crippen LogP contribution in [0.2, 0.25) is 0 Å². The molecule has 0 aliphatic heterocycles. The fourth-order valence-electron chi connectivity index (χ4n) is 1.76. The van der Waals surface area contributed by atoms with Crippen molar-refractivity contribution >= 4 is 5.97 Å². The van der Waals surface area contributed by atoms with Gasteiger partial charge >= 0.3 is 5.97 Å². The van der Waals surface area contributed by atoms with E-state index in [-0.39, 0.29) is 12.5 Å². The number of unbranched alkanes of at least 4 members (excludes halogenated alkanes) is 1. The number of aliphatic hydroxyl groups is 1. The second-order valence-electron chi connectivity index (χ2n) is 5.20. The summed E-state index contributed by atoms with van der Waals surface area (Å²) in [4.78, 5) is 10.3. The van der Waals surface area contributed by atoms with Gasteiger partial charge in [-0.05, 0) is 38.5 Å². The monoisotopic (exact) mass is 318 g/mol. The van der Waals surface area contributed by atoms with Crippen LogP contribution in [-0.2, 0) is 4.79 Å². The fraction of sp³-hybridized carbons (Fsp3) is 0.450. The summed E-state index contributed by atoms with van der Waals surface area (Å²) < 4.78 is 0. The van der Waals surface area contributed by atoms with Crippen LogP contribution in [0.3, 0.4) is 0 Å². The van der Waals surface area contributed by atoms with Crippen molar-refractivity contribution < 1.29 is 15.0 Å². The second-order valence-corrected chi connectivity index (χ2v) is 5.20. The molecule has 0 aromatic carbocycles. The van der Waals surface area contributed by atoms with Crippen LogP contribution in [0.1, 0.15) is 51.9 Å². The molecule has 0 heterocycles. The molecule has 0 saturated heterocycles. The molecular formula is C20H30O3. The van der Waals surface area contributed by atoms with Gasteiger partial charge in [0.25, 0.3) is 0 Å². The van der Waals surface area contributed by atoms with Crippen molar-refractivity contribution in [3.63, 3.8) is 0 Å². The first kappa shape index (κ1) is 21.1. The Morgan fingerprint density at radius 3 is 2.30 bits per heavy atom. The average molecular weight is 318 g/mol. The van der Waals surface area contributed by atoms with Gasteiger partial charge in [0.05, 0.1) is 6.10 Å². The van der Waals surface area contributed by atoms with Crippen LogP contribution >= 0.6 is 0 Å². The zero-order valence-electron chi connectivity index (χ0n) is 14.1. The topological polar surface area (TPSA) is 57.5 Å². The summed E-state index contributed by atoms with van der Waals surface area (Å²) in [5.74, 6) is -0.730. The molecule has 0 rings (SSSR count). The number of aliphatic carboxylic acids is 1. The van der Waals surface area contributed by atoms with Gasteiger partial charge in [-0.15, -0.1) is 0 Å². The molecule has 0 saturated carbocycles. The summed E-state index contributed by atoms with van der Waals surface area (Å²) in [7, 11) is 0.